The number of hydrogen-bond acceptors (Lipinski definition) is 9. The Hall–Kier alpha value is -7.10. The molecule has 0 bridgehead atoms. The Bertz CT molecular complexity index is 2260. The molecular formula is C43H32O9. The largest absolute Gasteiger partial charge is 0.495 e. The van der Waals surface area contributed by atoms with E-state index in [1.165, 1.54) is 52.7 Å². The van der Waals surface area contributed by atoms with Crippen molar-refractivity contribution in [2.75, 3.05) is 35.5 Å². The molecular weight excluding hydrogens is 660 g/mol. The first-order valence-corrected chi connectivity index (χ1v) is 15.7. The van der Waals surface area contributed by atoms with Gasteiger partial charge < -0.3 is 23.7 Å². The predicted octanol–water partition coefficient (Wildman–Crippen LogP) is 6.75. The van der Waals surface area contributed by atoms with Gasteiger partial charge in [-0.15, -0.1) is 0 Å². The van der Waals surface area contributed by atoms with Gasteiger partial charge in [0.1, 0.15) is 5.75 Å². The van der Waals surface area contributed by atoms with Crippen molar-refractivity contribution >= 4 is 57.6 Å². The molecule has 0 amide bonds. The Morgan fingerprint density at radius 3 is 1.33 bits per heavy atom. The summed E-state index contributed by atoms with van der Waals surface area (Å²) in [5, 5.41) is 3.36. The zero-order valence-electron chi connectivity index (χ0n) is 29.0. The molecule has 0 saturated heterocycles. The van der Waals surface area contributed by atoms with Crippen molar-refractivity contribution in [3.8, 4) is 29.4 Å². The van der Waals surface area contributed by atoms with Gasteiger partial charge in [0.05, 0.1) is 46.7 Å². The van der Waals surface area contributed by atoms with E-state index in [9.17, 15) is 19.2 Å². The second-order valence-electron chi connectivity index (χ2n) is 11.0. The summed E-state index contributed by atoms with van der Waals surface area (Å²) in [6.07, 6.45) is 5.41. The van der Waals surface area contributed by atoms with Crippen molar-refractivity contribution in [3.05, 3.63) is 136 Å². The molecule has 0 spiro atoms. The van der Waals surface area contributed by atoms with E-state index in [-0.39, 0.29) is 11.1 Å². The molecule has 9 nitrogen and oxygen atoms in total. The van der Waals surface area contributed by atoms with Crippen LogP contribution < -0.4 is 4.74 Å². The SMILES string of the molecule is COC(=O)/C=C/c1ccc(C#Cc2cccc3c(OC)c4cccc(C#Cc5ccc(/C=C/C(=O)OC)c(C(=O)OC)c5)c4cc23)cc1C(=O)OC. The summed E-state index contributed by atoms with van der Waals surface area (Å²) in [4.78, 5) is 48.4. The highest BCUT2D eigenvalue weighted by Gasteiger charge is 2.15. The number of methoxy groups -OCH3 is 5. The molecule has 0 radical (unpaired) electrons. The molecule has 0 aliphatic rings. The normalized spacial score (nSPS) is 10.6. The van der Waals surface area contributed by atoms with Crippen molar-refractivity contribution in [2.24, 2.45) is 0 Å². The van der Waals surface area contributed by atoms with Crippen LogP contribution in [0, 0.1) is 23.7 Å². The molecule has 5 aromatic carbocycles. The van der Waals surface area contributed by atoms with E-state index in [0.717, 1.165) is 21.5 Å². The molecule has 258 valence electrons. The van der Waals surface area contributed by atoms with Gasteiger partial charge in [-0.2, -0.15) is 0 Å². The lowest BCUT2D eigenvalue weighted by Crippen LogP contribution is -2.04. The van der Waals surface area contributed by atoms with Crippen molar-refractivity contribution in [3.63, 3.8) is 0 Å². The van der Waals surface area contributed by atoms with Crippen molar-refractivity contribution in [2.45, 2.75) is 0 Å². The molecule has 9 heteroatoms. The lowest BCUT2D eigenvalue weighted by Gasteiger charge is -2.12. The van der Waals surface area contributed by atoms with E-state index >= 15 is 0 Å². The van der Waals surface area contributed by atoms with Crippen molar-refractivity contribution < 1.29 is 42.9 Å². The fraction of sp³-hybridized carbons (Fsp3) is 0.116. The molecule has 0 unspecified atom stereocenters. The first kappa shape index (κ1) is 36.2. The Labute approximate surface area is 300 Å². The number of carbonyl (C=O) groups is 4. The fourth-order valence-electron chi connectivity index (χ4n) is 5.43. The van der Waals surface area contributed by atoms with Crippen molar-refractivity contribution in [1.82, 2.24) is 0 Å². The zero-order valence-corrected chi connectivity index (χ0v) is 29.0. The van der Waals surface area contributed by atoms with Crippen LogP contribution in [0.2, 0.25) is 0 Å². The summed E-state index contributed by atoms with van der Waals surface area (Å²) in [6.45, 7) is 0. The van der Waals surface area contributed by atoms with E-state index in [2.05, 4.69) is 33.2 Å². The van der Waals surface area contributed by atoms with Crippen LogP contribution in [0.3, 0.4) is 0 Å². The number of esters is 4. The summed E-state index contributed by atoms with van der Waals surface area (Å²) in [5.74, 6) is 11.2. The maximum atomic E-state index is 12.6. The van der Waals surface area contributed by atoms with E-state index < -0.39 is 23.9 Å². The summed E-state index contributed by atoms with van der Waals surface area (Å²) >= 11 is 0. The van der Waals surface area contributed by atoms with Crippen LogP contribution in [-0.4, -0.2) is 59.4 Å². The molecule has 0 saturated carbocycles. The smallest absolute Gasteiger partial charge is 0.338 e. The topological polar surface area (TPSA) is 114 Å². The average Bonchev–Trinajstić information content (AvgIpc) is 3.18. The van der Waals surface area contributed by atoms with Gasteiger partial charge in [-0.25, -0.2) is 19.2 Å². The summed E-state index contributed by atoms with van der Waals surface area (Å²) in [6, 6.07) is 23.6. The minimum Gasteiger partial charge on any atom is -0.495 e. The number of benzene rings is 5. The lowest BCUT2D eigenvalue weighted by molar-refractivity contribution is -0.135. The number of carbonyl (C=O) groups excluding carboxylic acids is 4. The van der Waals surface area contributed by atoms with Crippen LogP contribution >= 0.6 is 0 Å². The molecule has 0 aromatic heterocycles. The van der Waals surface area contributed by atoms with Gasteiger partial charge in [0.25, 0.3) is 0 Å². The van der Waals surface area contributed by atoms with Crippen LogP contribution in [0.15, 0.2) is 91.0 Å². The third-order valence-electron chi connectivity index (χ3n) is 7.99. The van der Waals surface area contributed by atoms with Gasteiger partial charge >= 0.3 is 23.9 Å². The van der Waals surface area contributed by atoms with Gasteiger partial charge in [0.15, 0.2) is 0 Å². The first-order chi connectivity index (χ1) is 25.2. The minimum absolute atomic E-state index is 0.245. The van der Waals surface area contributed by atoms with Crippen LogP contribution in [0.4, 0.5) is 0 Å². The van der Waals surface area contributed by atoms with Gasteiger partial charge in [-0.3, -0.25) is 0 Å². The molecule has 5 aromatic rings. The van der Waals surface area contributed by atoms with Crippen LogP contribution in [-0.2, 0) is 28.5 Å². The molecule has 52 heavy (non-hydrogen) atoms. The third-order valence-corrected chi connectivity index (χ3v) is 7.99. The number of fused-ring (bicyclic) bond motifs is 2. The number of hydrogen-bond donors (Lipinski definition) is 0. The van der Waals surface area contributed by atoms with E-state index in [4.69, 9.17) is 14.2 Å². The van der Waals surface area contributed by atoms with E-state index in [0.29, 0.717) is 39.1 Å². The Kier molecular flexibility index (Phi) is 11.5. The molecule has 0 atom stereocenters. The number of ether oxygens (including phenoxy) is 5. The van der Waals surface area contributed by atoms with Gasteiger partial charge in [0, 0.05) is 56.0 Å². The standard InChI is InChI=1S/C43H32O9/c1-48-39(44)22-20-31-18-14-27(24-37(31)42(46)51-4)12-16-29-8-6-10-33-35(29)26-36-30(9-7-11-34(36)41(33)50-3)17-13-28-15-19-32(21-23-40(45)49-2)38(25-28)43(47)52-5/h6-11,14-15,18-26H,1-5H3/b22-20+,23-21+. The van der Waals surface area contributed by atoms with Gasteiger partial charge in [-0.1, -0.05) is 60.1 Å². The minimum atomic E-state index is -0.573. The van der Waals surface area contributed by atoms with Crippen LogP contribution in [0.1, 0.15) is 54.1 Å². The van der Waals surface area contributed by atoms with Gasteiger partial charge in [0.2, 0.25) is 0 Å². The lowest BCUT2D eigenvalue weighted by atomic mass is 9.95. The highest BCUT2D eigenvalue weighted by Crippen LogP contribution is 2.37. The molecule has 0 fully saturated rings. The van der Waals surface area contributed by atoms with Gasteiger partial charge in [-0.05, 0) is 65.7 Å². The first-order valence-electron chi connectivity index (χ1n) is 15.7. The van der Waals surface area contributed by atoms with E-state index in [1.807, 2.05) is 42.5 Å². The molecule has 0 aliphatic carbocycles. The Morgan fingerprint density at radius 1 is 0.500 bits per heavy atom. The van der Waals surface area contributed by atoms with Crippen LogP contribution in [0.25, 0.3) is 33.7 Å². The molecule has 0 aliphatic heterocycles. The molecule has 0 heterocycles. The quantitative estimate of drug-likeness (QED) is 0.0601. The highest BCUT2D eigenvalue weighted by molar-refractivity contribution is 6.09. The van der Waals surface area contributed by atoms with Crippen LogP contribution in [0.5, 0.6) is 5.75 Å². The second kappa shape index (κ2) is 16.5. The number of rotatable bonds is 7. The molecule has 5 rings (SSSR count). The maximum absolute atomic E-state index is 12.6. The summed E-state index contributed by atoms with van der Waals surface area (Å²) in [5.41, 5.74) is 4.00. The maximum Gasteiger partial charge on any atom is 0.338 e. The fourth-order valence-corrected chi connectivity index (χ4v) is 5.43. The monoisotopic (exact) mass is 692 g/mol. The second-order valence-corrected chi connectivity index (χ2v) is 11.0. The van der Waals surface area contributed by atoms with E-state index in [1.54, 1.807) is 43.5 Å². The Morgan fingerprint density at radius 2 is 0.942 bits per heavy atom. The predicted molar refractivity (Wildman–Crippen MR) is 198 cm³/mol. The molecule has 0 N–H and O–H groups in total. The Balaban J connectivity index is 1.60. The highest BCUT2D eigenvalue weighted by atomic mass is 16.5. The summed E-state index contributed by atoms with van der Waals surface area (Å²) in [7, 11) is 6.71. The van der Waals surface area contributed by atoms with Crippen molar-refractivity contribution in [1.29, 1.82) is 0 Å². The third kappa shape index (κ3) is 8.02. The summed E-state index contributed by atoms with van der Waals surface area (Å²) < 4.78 is 25.2. The average molecular weight is 693 g/mol. The zero-order chi connectivity index (χ0) is 37.2.